The van der Waals surface area contributed by atoms with Crippen LogP contribution in [0.3, 0.4) is 0 Å². The number of rotatable bonds is 3. The monoisotopic (exact) mass is 278 g/mol. The van der Waals surface area contributed by atoms with Gasteiger partial charge in [0.15, 0.2) is 0 Å². The highest BCUT2D eigenvalue weighted by Gasteiger charge is 2.17. The van der Waals surface area contributed by atoms with Crippen molar-refractivity contribution in [3.63, 3.8) is 0 Å². The van der Waals surface area contributed by atoms with Gasteiger partial charge in [-0.05, 0) is 12.8 Å². The summed E-state index contributed by atoms with van der Waals surface area (Å²) < 4.78 is 0. The van der Waals surface area contributed by atoms with Gasteiger partial charge < -0.3 is 9.80 Å². The molecule has 1 saturated heterocycles. The van der Waals surface area contributed by atoms with Crippen LogP contribution in [-0.4, -0.2) is 48.3 Å². The predicted molar refractivity (Wildman–Crippen MR) is 68.6 cm³/mol. The number of amides is 2. The highest BCUT2D eigenvalue weighted by atomic mass is 79.9. The summed E-state index contributed by atoms with van der Waals surface area (Å²) in [6.07, 6.45) is 5.12. The highest BCUT2D eigenvalue weighted by molar-refractivity contribution is 9.09. The molecule has 2 amide bonds. The maximum Gasteiger partial charge on any atom is 0.319 e. The van der Waals surface area contributed by atoms with Gasteiger partial charge in [-0.15, -0.1) is 0 Å². The summed E-state index contributed by atoms with van der Waals surface area (Å²) in [6.45, 7) is 4.02. The molecule has 0 aromatic rings. The molecule has 1 fully saturated rings. The Balaban J connectivity index is 0.000000288. The number of hydrogen-bond donors (Lipinski definition) is 0. The fourth-order valence-corrected chi connectivity index (χ4v) is 1.77. The van der Waals surface area contributed by atoms with Crippen molar-refractivity contribution < 1.29 is 4.79 Å². The maximum absolute atomic E-state index is 11.0. The molecule has 3 nitrogen and oxygen atoms in total. The average molecular weight is 279 g/mol. The van der Waals surface area contributed by atoms with Gasteiger partial charge in [0.1, 0.15) is 0 Å². The van der Waals surface area contributed by atoms with Gasteiger partial charge in [-0.3, -0.25) is 0 Å². The normalized spacial score (nSPS) is 16.1. The first kappa shape index (κ1) is 14.8. The van der Waals surface area contributed by atoms with E-state index in [-0.39, 0.29) is 6.03 Å². The van der Waals surface area contributed by atoms with Crippen LogP contribution in [0.1, 0.15) is 32.6 Å². The van der Waals surface area contributed by atoms with E-state index in [0.29, 0.717) is 0 Å². The Morgan fingerprint density at radius 3 is 2.00 bits per heavy atom. The van der Waals surface area contributed by atoms with Crippen molar-refractivity contribution in [2.45, 2.75) is 32.6 Å². The lowest BCUT2D eigenvalue weighted by Crippen LogP contribution is -2.44. The smallest absolute Gasteiger partial charge is 0.319 e. The molecule has 1 aliphatic rings. The van der Waals surface area contributed by atoms with E-state index < -0.39 is 0 Å². The molecule has 1 aliphatic heterocycles. The molecule has 0 saturated carbocycles. The molecule has 0 radical (unpaired) electrons. The number of carbonyl (C=O) groups excluding carboxylic acids is 1. The Morgan fingerprint density at radius 2 is 1.73 bits per heavy atom. The van der Waals surface area contributed by atoms with E-state index in [1.54, 1.807) is 9.80 Å². The van der Waals surface area contributed by atoms with E-state index in [2.05, 4.69) is 22.9 Å². The first-order valence-electron chi connectivity index (χ1n) is 5.65. The lowest BCUT2D eigenvalue weighted by Gasteiger charge is -2.30. The zero-order valence-electron chi connectivity index (χ0n) is 10.1. The fraction of sp³-hybridized carbons (Fsp3) is 0.909. The van der Waals surface area contributed by atoms with E-state index in [1.807, 2.05) is 14.1 Å². The standard InChI is InChI=1S/C6H12N2O.C5H11Br/c1-7-4-3-5-8(2)6(7)9;1-2-3-4-5-6/h3-5H2,1-2H3;2-5H2,1H3. The molecule has 0 aliphatic carbocycles. The van der Waals surface area contributed by atoms with Crippen LogP contribution in [0.5, 0.6) is 0 Å². The average Bonchev–Trinajstić information content (AvgIpc) is 2.24. The molecule has 15 heavy (non-hydrogen) atoms. The summed E-state index contributed by atoms with van der Waals surface area (Å²) >= 11 is 3.35. The van der Waals surface area contributed by atoms with Crippen molar-refractivity contribution in [2.75, 3.05) is 32.5 Å². The van der Waals surface area contributed by atoms with Crippen molar-refractivity contribution in [2.24, 2.45) is 0 Å². The van der Waals surface area contributed by atoms with Gasteiger partial charge in [-0.25, -0.2) is 4.79 Å². The molecule has 0 spiro atoms. The zero-order chi connectivity index (χ0) is 11.7. The van der Waals surface area contributed by atoms with Gasteiger partial charge in [0.2, 0.25) is 0 Å². The molecule has 90 valence electrons. The molecule has 1 rings (SSSR count). The Bertz CT molecular complexity index is 160. The van der Waals surface area contributed by atoms with Crippen molar-refractivity contribution in [1.82, 2.24) is 9.80 Å². The fourth-order valence-electron chi connectivity index (χ4n) is 1.37. The number of alkyl halides is 1. The molecule has 1 heterocycles. The molecule has 0 bridgehead atoms. The second-order valence-corrected chi connectivity index (χ2v) is 4.67. The third-order valence-electron chi connectivity index (χ3n) is 2.38. The van der Waals surface area contributed by atoms with Crippen LogP contribution >= 0.6 is 15.9 Å². The number of hydrogen-bond acceptors (Lipinski definition) is 1. The summed E-state index contributed by atoms with van der Waals surface area (Å²) in [5, 5.41) is 1.17. The molecule has 0 unspecified atom stereocenters. The van der Waals surface area contributed by atoms with E-state index in [0.717, 1.165) is 19.5 Å². The Hall–Kier alpha value is -0.250. The van der Waals surface area contributed by atoms with Gasteiger partial charge >= 0.3 is 6.03 Å². The molecular formula is C11H23BrN2O. The van der Waals surface area contributed by atoms with E-state index in [9.17, 15) is 4.79 Å². The van der Waals surface area contributed by atoms with Gasteiger partial charge in [0.05, 0.1) is 0 Å². The van der Waals surface area contributed by atoms with E-state index >= 15 is 0 Å². The summed E-state index contributed by atoms with van der Waals surface area (Å²) in [5.41, 5.74) is 0. The van der Waals surface area contributed by atoms with Crippen LogP contribution in [0.25, 0.3) is 0 Å². The minimum absolute atomic E-state index is 0.140. The second kappa shape index (κ2) is 9.01. The summed E-state index contributed by atoms with van der Waals surface area (Å²) in [4.78, 5) is 14.5. The van der Waals surface area contributed by atoms with Gasteiger partial charge in [-0.2, -0.15) is 0 Å². The number of urea groups is 1. The Morgan fingerprint density at radius 1 is 1.20 bits per heavy atom. The second-order valence-electron chi connectivity index (χ2n) is 3.88. The van der Waals surface area contributed by atoms with Gasteiger partial charge in [-0.1, -0.05) is 35.7 Å². The van der Waals surface area contributed by atoms with Gasteiger partial charge in [0.25, 0.3) is 0 Å². The van der Waals surface area contributed by atoms with Crippen LogP contribution in [0.15, 0.2) is 0 Å². The minimum atomic E-state index is 0.140. The highest BCUT2D eigenvalue weighted by Crippen LogP contribution is 2.02. The minimum Gasteiger partial charge on any atom is -0.328 e. The number of carbonyl (C=O) groups is 1. The largest absolute Gasteiger partial charge is 0.328 e. The lowest BCUT2D eigenvalue weighted by atomic mass is 10.3. The number of halogens is 1. The first-order chi connectivity index (χ1) is 7.13. The zero-order valence-corrected chi connectivity index (χ0v) is 11.7. The van der Waals surface area contributed by atoms with E-state index in [1.165, 1.54) is 24.6 Å². The van der Waals surface area contributed by atoms with Gasteiger partial charge in [0, 0.05) is 32.5 Å². The molecule has 0 aromatic carbocycles. The molecular weight excluding hydrogens is 256 g/mol. The summed E-state index contributed by atoms with van der Waals surface area (Å²) in [6, 6.07) is 0.140. The lowest BCUT2D eigenvalue weighted by molar-refractivity contribution is 0.153. The maximum atomic E-state index is 11.0. The Labute approximate surface area is 102 Å². The molecule has 4 heteroatoms. The number of nitrogens with zero attached hydrogens (tertiary/aromatic N) is 2. The van der Waals surface area contributed by atoms with Crippen molar-refractivity contribution >= 4 is 22.0 Å². The topological polar surface area (TPSA) is 23.6 Å². The van der Waals surface area contributed by atoms with Crippen molar-refractivity contribution in [3.05, 3.63) is 0 Å². The van der Waals surface area contributed by atoms with E-state index in [4.69, 9.17) is 0 Å². The summed E-state index contributed by atoms with van der Waals surface area (Å²) in [5.74, 6) is 0. The predicted octanol–water partition coefficient (Wildman–Crippen LogP) is 2.95. The van der Waals surface area contributed by atoms with Crippen molar-refractivity contribution in [1.29, 1.82) is 0 Å². The third-order valence-corrected chi connectivity index (χ3v) is 2.94. The van der Waals surface area contributed by atoms with Crippen LogP contribution < -0.4 is 0 Å². The SMILES string of the molecule is CCCCCBr.CN1CCCN(C)C1=O. The summed E-state index contributed by atoms with van der Waals surface area (Å²) in [7, 11) is 3.66. The molecule has 0 aromatic heterocycles. The number of unbranched alkanes of at least 4 members (excludes halogenated alkanes) is 2. The first-order valence-corrected chi connectivity index (χ1v) is 6.77. The van der Waals surface area contributed by atoms with Crippen molar-refractivity contribution in [3.8, 4) is 0 Å². The molecule has 0 atom stereocenters. The van der Waals surface area contributed by atoms with Crippen LogP contribution in [0.4, 0.5) is 4.79 Å². The van der Waals surface area contributed by atoms with Crippen LogP contribution in [-0.2, 0) is 0 Å². The molecule has 0 N–H and O–H groups in total. The van der Waals surface area contributed by atoms with Crippen LogP contribution in [0, 0.1) is 0 Å². The Kier molecular flexibility index (Phi) is 8.86. The quantitative estimate of drug-likeness (QED) is 0.575. The third kappa shape index (κ3) is 6.77. The van der Waals surface area contributed by atoms with Crippen LogP contribution in [0.2, 0.25) is 0 Å².